The molecule has 2 amide bonds. The van der Waals surface area contributed by atoms with Gasteiger partial charge in [0.05, 0.1) is 16.8 Å². The van der Waals surface area contributed by atoms with Gasteiger partial charge in [0.15, 0.2) is 28.2 Å². The number of aliphatic carboxylic acids is 1. The number of piperidine rings is 1. The Morgan fingerprint density at radius 1 is 1.29 bits per heavy atom. The third-order valence-corrected chi connectivity index (χ3v) is 7.80. The summed E-state index contributed by atoms with van der Waals surface area (Å²) in [5, 5.41) is 32.4. The van der Waals surface area contributed by atoms with Gasteiger partial charge in [-0.3, -0.25) is 9.59 Å². The second-order valence-corrected chi connectivity index (χ2v) is 10.6. The molecule has 0 radical (unpaired) electrons. The summed E-state index contributed by atoms with van der Waals surface area (Å²) in [6.07, 6.45) is 1.24. The van der Waals surface area contributed by atoms with Crippen LogP contribution in [0.3, 0.4) is 0 Å². The normalized spacial score (nSPS) is 21.6. The van der Waals surface area contributed by atoms with Gasteiger partial charge in [-0.1, -0.05) is 16.8 Å². The highest BCUT2D eigenvalue weighted by atomic mass is 35.5. The molecule has 1 aromatic carbocycles. The first-order valence-electron chi connectivity index (χ1n) is 10.8. The summed E-state index contributed by atoms with van der Waals surface area (Å²) in [5.41, 5.74) is 0.0313. The highest BCUT2D eigenvalue weighted by Crippen LogP contribution is 2.36. The molecule has 0 spiro atoms. The van der Waals surface area contributed by atoms with E-state index in [9.17, 15) is 38.1 Å². The van der Waals surface area contributed by atoms with Gasteiger partial charge in [-0.2, -0.15) is 0 Å². The van der Waals surface area contributed by atoms with Crippen LogP contribution in [0, 0.1) is 0 Å². The molecule has 3 rings (SSSR count). The number of β-lactam (4-membered cyclic amide) rings is 1. The summed E-state index contributed by atoms with van der Waals surface area (Å²) in [5.74, 6) is -3.40. The molecule has 3 N–H and O–H groups in total. The lowest BCUT2D eigenvalue weighted by Crippen LogP contribution is -2.66. The van der Waals surface area contributed by atoms with Crippen molar-refractivity contribution < 1.29 is 43.0 Å². The fourth-order valence-electron chi connectivity index (χ4n) is 4.13. The molecule has 3 atom stereocenters. The molecule has 2 aliphatic rings. The van der Waals surface area contributed by atoms with E-state index in [2.05, 4.69) is 5.16 Å². The van der Waals surface area contributed by atoms with Gasteiger partial charge in [0.2, 0.25) is 5.91 Å². The lowest BCUT2D eigenvalue weighted by atomic mass is 9.92. The van der Waals surface area contributed by atoms with Gasteiger partial charge in [0.1, 0.15) is 10.9 Å². The highest BCUT2D eigenvalue weighted by molar-refractivity contribution is 7.75. The number of oxime groups is 1. The van der Waals surface area contributed by atoms with Crippen LogP contribution in [0.2, 0.25) is 5.02 Å². The van der Waals surface area contributed by atoms with Crippen LogP contribution in [-0.2, 0) is 25.1 Å². The van der Waals surface area contributed by atoms with Crippen molar-refractivity contribution >= 4 is 46.3 Å². The number of phenolic OH excluding ortho intramolecular Hbond substituents is 2. The van der Waals surface area contributed by atoms with Crippen LogP contribution in [0.15, 0.2) is 17.3 Å². The maximum absolute atomic E-state index is 12.7. The Morgan fingerprint density at radius 2 is 1.91 bits per heavy atom. The van der Waals surface area contributed by atoms with E-state index >= 15 is 0 Å². The van der Waals surface area contributed by atoms with E-state index < -0.39 is 62.9 Å². The lowest BCUT2D eigenvalue weighted by molar-refractivity contribution is -0.161. The summed E-state index contributed by atoms with van der Waals surface area (Å²) in [6, 6.07) is 0.395. The molecule has 2 heterocycles. The Kier molecular flexibility index (Phi) is 7.80. The van der Waals surface area contributed by atoms with Crippen molar-refractivity contribution in [1.29, 1.82) is 0 Å². The van der Waals surface area contributed by atoms with Gasteiger partial charge in [0, 0.05) is 38.4 Å². The monoisotopic (exact) mass is 531 g/mol. The molecule has 0 aromatic heterocycles. The van der Waals surface area contributed by atoms with Crippen LogP contribution in [0.4, 0.5) is 0 Å². The Labute approximate surface area is 207 Å². The minimum absolute atomic E-state index is 0.0313. The van der Waals surface area contributed by atoms with Gasteiger partial charge in [0.25, 0.3) is 5.91 Å². The largest absolute Gasteiger partial charge is 0.504 e. The average molecular weight is 532 g/mol. The second-order valence-electron chi connectivity index (χ2n) is 8.70. The number of aromatic hydroxyl groups is 2. The molecule has 2 fully saturated rings. The van der Waals surface area contributed by atoms with E-state index in [0.29, 0.717) is 12.8 Å². The predicted molar refractivity (Wildman–Crippen MR) is 124 cm³/mol. The summed E-state index contributed by atoms with van der Waals surface area (Å²) in [6.45, 7) is 3.30. The Morgan fingerprint density at radius 3 is 2.43 bits per heavy atom. The van der Waals surface area contributed by atoms with Gasteiger partial charge in [-0.15, -0.1) is 0 Å². The number of thiol groups is 1. The van der Waals surface area contributed by atoms with Crippen LogP contribution in [0.1, 0.15) is 43.5 Å². The molecular weight excluding hydrogens is 506 g/mol. The number of rotatable bonds is 8. The standard InChI is InChI=1S/C21H26ClN3O9S/c1-11-9-15(27)25(11)18(20(30)31)21(2,35(32)33)10-23-34-12-5-7-24(8-6-12)19(29)13-3-4-14(26)17(28)16(13)22/h3-4,10-12,18,26,28,35H,5-9H2,1-2H3,(H,30,31)/b23-10+/t11-,18+,21+/m1/s1. The molecule has 192 valence electrons. The van der Waals surface area contributed by atoms with Crippen molar-refractivity contribution in [3.8, 4) is 11.5 Å². The number of amides is 2. The van der Waals surface area contributed by atoms with Crippen molar-refractivity contribution in [2.45, 2.75) is 56.0 Å². The number of benzene rings is 1. The van der Waals surface area contributed by atoms with Gasteiger partial charge in [-0.25, -0.2) is 13.2 Å². The minimum Gasteiger partial charge on any atom is -0.504 e. The molecule has 0 unspecified atom stereocenters. The predicted octanol–water partition coefficient (Wildman–Crippen LogP) is 0.802. The maximum Gasteiger partial charge on any atom is 0.328 e. The van der Waals surface area contributed by atoms with Crippen molar-refractivity contribution in [2.24, 2.45) is 5.16 Å². The Hall–Kier alpha value is -3.06. The lowest BCUT2D eigenvalue weighted by Gasteiger charge is -2.45. The number of phenols is 2. The smallest absolute Gasteiger partial charge is 0.328 e. The second kappa shape index (κ2) is 10.3. The number of likely N-dealkylation sites (tertiary alicyclic amines) is 2. The SMILES string of the molecule is C[C@@H]1CC(=O)N1[C@@H](C(=O)O)[C@](C)(/C=N/OC1CCN(C(=O)c2ccc(O)c(O)c2Cl)CC1)[SH](=O)=O. The van der Waals surface area contributed by atoms with Crippen LogP contribution in [0.25, 0.3) is 0 Å². The molecule has 2 aliphatic heterocycles. The molecule has 1 aromatic rings. The molecular formula is C21H26ClN3O9S. The zero-order chi connectivity index (χ0) is 26.1. The Bertz CT molecular complexity index is 1130. The summed E-state index contributed by atoms with van der Waals surface area (Å²) in [7, 11) is -3.35. The van der Waals surface area contributed by atoms with Crippen molar-refractivity contribution in [1.82, 2.24) is 9.80 Å². The zero-order valence-electron chi connectivity index (χ0n) is 19.0. The molecule has 0 saturated carbocycles. The van der Waals surface area contributed by atoms with E-state index in [-0.39, 0.29) is 30.1 Å². The number of hydrogen-bond donors (Lipinski definition) is 4. The van der Waals surface area contributed by atoms with Gasteiger partial charge in [-0.05, 0) is 26.0 Å². The third kappa shape index (κ3) is 5.15. The van der Waals surface area contributed by atoms with Crippen LogP contribution < -0.4 is 0 Å². The van der Waals surface area contributed by atoms with Crippen molar-refractivity contribution in [3.63, 3.8) is 0 Å². The molecule has 0 bridgehead atoms. The van der Waals surface area contributed by atoms with E-state index in [4.69, 9.17) is 16.4 Å². The zero-order valence-corrected chi connectivity index (χ0v) is 20.6. The van der Waals surface area contributed by atoms with Crippen LogP contribution in [0.5, 0.6) is 11.5 Å². The molecule has 35 heavy (non-hydrogen) atoms. The minimum atomic E-state index is -3.35. The van der Waals surface area contributed by atoms with E-state index in [1.54, 1.807) is 6.92 Å². The van der Waals surface area contributed by atoms with Gasteiger partial charge < -0.3 is 30.0 Å². The fourth-order valence-corrected chi connectivity index (χ4v) is 4.95. The fraction of sp³-hybridized carbons (Fsp3) is 0.524. The third-order valence-electron chi connectivity index (χ3n) is 6.27. The number of carboxylic acids is 1. The first kappa shape index (κ1) is 26.5. The molecule has 0 aliphatic carbocycles. The topological polar surface area (TPSA) is 174 Å². The maximum atomic E-state index is 12.7. The summed E-state index contributed by atoms with van der Waals surface area (Å²) >= 11 is 5.96. The molecule has 12 nitrogen and oxygen atoms in total. The number of carbonyl (C=O) groups excluding carboxylic acids is 2. The first-order valence-corrected chi connectivity index (χ1v) is 12.3. The van der Waals surface area contributed by atoms with Gasteiger partial charge >= 0.3 is 5.97 Å². The van der Waals surface area contributed by atoms with Crippen LogP contribution >= 0.6 is 11.6 Å². The highest BCUT2D eigenvalue weighted by Gasteiger charge is 2.52. The average Bonchev–Trinajstić information content (AvgIpc) is 2.80. The Balaban J connectivity index is 1.65. The van der Waals surface area contributed by atoms with Crippen molar-refractivity contribution in [2.75, 3.05) is 13.1 Å². The number of nitrogens with zero attached hydrogens (tertiary/aromatic N) is 3. The summed E-state index contributed by atoms with van der Waals surface area (Å²) in [4.78, 5) is 44.5. The van der Waals surface area contributed by atoms with E-state index in [0.717, 1.165) is 17.2 Å². The summed E-state index contributed by atoms with van der Waals surface area (Å²) < 4.78 is 22.1. The number of halogens is 1. The first-order chi connectivity index (χ1) is 16.4. The number of carboxylic acid groups (broad SMARTS) is 1. The van der Waals surface area contributed by atoms with Crippen LogP contribution in [-0.4, -0.2) is 93.6 Å². The molecule has 14 heteroatoms. The van der Waals surface area contributed by atoms with E-state index in [1.165, 1.54) is 17.9 Å². The quantitative estimate of drug-likeness (QED) is 0.124. The van der Waals surface area contributed by atoms with Crippen molar-refractivity contribution in [3.05, 3.63) is 22.7 Å². The molecule has 2 saturated heterocycles. The number of carbonyl (C=O) groups is 3. The van der Waals surface area contributed by atoms with E-state index in [1.807, 2.05) is 0 Å². The number of hydrogen-bond acceptors (Lipinski definition) is 9.